The maximum atomic E-state index is 11.9. The molecule has 1 aliphatic rings. The van der Waals surface area contributed by atoms with Gasteiger partial charge in [-0.3, -0.25) is 14.4 Å². The Kier molecular flexibility index (Phi) is 4.21. The zero-order chi connectivity index (χ0) is 17.5. The monoisotopic (exact) mass is 331 g/mol. The molecule has 7 nitrogen and oxygen atoms in total. The molecule has 1 aliphatic heterocycles. The second-order valence-corrected chi connectivity index (χ2v) is 7.69. The number of primary amides is 1. The first-order valence-corrected chi connectivity index (χ1v) is 8.20. The molecule has 0 spiro atoms. The molecule has 130 valence electrons. The van der Waals surface area contributed by atoms with Crippen molar-refractivity contribution in [2.24, 2.45) is 18.7 Å². The number of rotatable bonds is 4. The molecule has 3 rings (SSSR count). The maximum absolute atomic E-state index is 11.9. The summed E-state index contributed by atoms with van der Waals surface area (Å²) in [6.45, 7) is 8.32. The highest BCUT2D eigenvalue weighted by atomic mass is 16.5. The molecule has 2 atom stereocenters. The quantitative estimate of drug-likeness (QED) is 0.915. The molecule has 3 heterocycles. The van der Waals surface area contributed by atoms with Crippen LogP contribution < -0.4 is 5.73 Å². The van der Waals surface area contributed by atoms with Gasteiger partial charge in [-0.2, -0.15) is 5.10 Å². The third kappa shape index (κ3) is 3.36. The number of aryl methyl sites for hydroxylation is 1. The van der Waals surface area contributed by atoms with Gasteiger partial charge in [0.05, 0.1) is 17.8 Å². The first-order chi connectivity index (χ1) is 11.2. The van der Waals surface area contributed by atoms with Crippen LogP contribution in [0.3, 0.4) is 0 Å². The van der Waals surface area contributed by atoms with Crippen LogP contribution in [0.1, 0.15) is 43.7 Å². The number of nitrogens with zero attached hydrogens (tertiary/aromatic N) is 4. The summed E-state index contributed by atoms with van der Waals surface area (Å²) in [5.74, 6) is 0.474. The SMILES string of the molecule is Cn1cc([C@H]2CN(Cc3cc(C(C)(C)C)on3)C[C@@H]2C(N)=O)cn1. The summed E-state index contributed by atoms with van der Waals surface area (Å²) >= 11 is 0. The predicted octanol–water partition coefficient (Wildman–Crippen LogP) is 1.41. The third-order valence-electron chi connectivity index (χ3n) is 4.60. The second-order valence-electron chi connectivity index (χ2n) is 7.69. The summed E-state index contributed by atoms with van der Waals surface area (Å²) in [7, 11) is 1.87. The highest BCUT2D eigenvalue weighted by Gasteiger charge is 2.38. The van der Waals surface area contributed by atoms with Crippen LogP contribution in [0.4, 0.5) is 0 Å². The molecule has 1 fully saturated rings. The number of likely N-dealkylation sites (tertiary alicyclic amines) is 1. The van der Waals surface area contributed by atoms with Crippen molar-refractivity contribution >= 4 is 5.91 Å². The van der Waals surface area contributed by atoms with Crippen LogP contribution in [-0.2, 0) is 23.8 Å². The number of carbonyl (C=O) groups excluding carboxylic acids is 1. The van der Waals surface area contributed by atoms with E-state index in [1.165, 1.54) is 0 Å². The third-order valence-corrected chi connectivity index (χ3v) is 4.60. The molecule has 0 aliphatic carbocycles. The van der Waals surface area contributed by atoms with Crippen molar-refractivity contribution in [3.63, 3.8) is 0 Å². The van der Waals surface area contributed by atoms with E-state index in [9.17, 15) is 4.79 Å². The minimum absolute atomic E-state index is 0.0652. The van der Waals surface area contributed by atoms with Gasteiger partial charge in [0.1, 0.15) is 5.76 Å². The Labute approximate surface area is 141 Å². The Hall–Kier alpha value is -2.15. The Morgan fingerprint density at radius 3 is 2.71 bits per heavy atom. The van der Waals surface area contributed by atoms with Crippen LogP contribution in [0.15, 0.2) is 23.0 Å². The zero-order valence-corrected chi connectivity index (χ0v) is 14.7. The van der Waals surface area contributed by atoms with Gasteiger partial charge < -0.3 is 10.3 Å². The van der Waals surface area contributed by atoms with E-state index >= 15 is 0 Å². The molecule has 0 unspecified atom stereocenters. The van der Waals surface area contributed by atoms with E-state index in [-0.39, 0.29) is 23.2 Å². The van der Waals surface area contributed by atoms with Gasteiger partial charge in [0.25, 0.3) is 0 Å². The van der Waals surface area contributed by atoms with Crippen molar-refractivity contribution in [2.45, 2.75) is 38.6 Å². The Bertz CT molecular complexity index is 727. The van der Waals surface area contributed by atoms with Gasteiger partial charge in [0, 0.05) is 50.3 Å². The second kappa shape index (κ2) is 6.05. The molecular weight excluding hydrogens is 306 g/mol. The molecule has 0 radical (unpaired) electrons. The fourth-order valence-electron chi connectivity index (χ4n) is 3.24. The summed E-state index contributed by atoms with van der Waals surface area (Å²) in [6.07, 6.45) is 3.77. The number of hydrogen-bond acceptors (Lipinski definition) is 5. The number of hydrogen-bond donors (Lipinski definition) is 1. The van der Waals surface area contributed by atoms with Crippen molar-refractivity contribution in [3.8, 4) is 0 Å². The molecule has 2 aromatic rings. The summed E-state index contributed by atoms with van der Waals surface area (Å²) < 4.78 is 7.20. The molecule has 7 heteroatoms. The van der Waals surface area contributed by atoms with Crippen LogP contribution in [0.25, 0.3) is 0 Å². The van der Waals surface area contributed by atoms with Crippen LogP contribution >= 0.6 is 0 Å². The van der Waals surface area contributed by atoms with Gasteiger partial charge in [0.2, 0.25) is 5.91 Å². The van der Waals surface area contributed by atoms with E-state index in [1.54, 1.807) is 4.68 Å². The minimum Gasteiger partial charge on any atom is -0.369 e. The average molecular weight is 331 g/mol. The number of carbonyl (C=O) groups is 1. The number of nitrogens with two attached hydrogens (primary N) is 1. The summed E-state index contributed by atoms with van der Waals surface area (Å²) in [5, 5.41) is 8.38. The molecule has 24 heavy (non-hydrogen) atoms. The Morgan fingerprint density at radius 1 is 1.42 bits per heavy atom. The van der Waals surface area contributed by atoms with Crippen molar-refractivity contribution in [2.75, 3.05) is 13.1 Å². The van der Waals surface area contributed by atoms with Crippen LogP contribution in [0, 0.1) is 5.92 Å². The molecule has 0 bridgehead atoms. The molecule has 0 saturated carbocycles. The Morgan fingerprint density at radius 2 is 2.17 bits per heavy atom. The van der Waals surface area contributed by atoms with Crippen LogP contribution in [0.5, 0.6) is 0 Å². The molecule has 1 amide bonds. The van der Waals surface area contributed by atoms with Gasteiger partial charge in [-0.15, -0.1) is 0 Å². The fraction of sp³-hybridized carbons (Fsp3) is 0.588. The lowest BCUT2D eigenvalue weighted by atomic mass is 9.90. The van der Waals surface area contributed by atoms with E-state index in [1.807, 2.05) is 25.5 Å². The predicted molar refractivity (Wildman–Crippen MR) is 89.1 cm³/mol. The smallest absolute Gasteiger partial charge is 0.222 e. The van der Waals surface area contributed by atoms with E-state index < -0.39 is 0 Å². The van der Waals surface area contributed by atoms with E-state index in [0.717, 1.165) is 23.6 Å². The molecule has 0 aromatic carbocycles. The van der Waals surface area contributed by atoms with Crippen LogP contribution in [0.2, 0.25) is 0 Å². The van der Waals surface area contributed by atoms with Gasteiger partial charge in [0.15, 0.2) is 0 Å². The summed E-state index contributed by atoms with van der Waals surface area (Å²) in [4.78, 5) is 14.1. The molecular formula is C17H25N5O2. The lowest BCUT2D eigenvalue weighted by Gasteiger charge is -2.14. The van der Waals surface area contributed by atoms with Crippen molar-refractivity contribution in [3.05, 3.63) is 35.5 Å². The molecule has 2 N–H and O–H groups in total. The maximum Gasteiger partial charge on any atom is 0.222 e. The Balaban J connectivity index is 1.74. The van der Waals surface area contributed by atoms with Gasteiger partial charge >= 0.3 is 0 Å². The summed E-state index contributed by atoms with van der Waals surface area (Å²) in [5.41, 5.74) is 7.50. The topological polar surface area (TPSA) is 90.2 Å². The largest absolute Gasteiger partial charge is 0.369 e. The average Bonchev–Trinajstić information content (AvgIpc) is 3.17. The highest BCUT2D eigenvalue weighted by molar-refractivity contribution is 5.78. The first-order valence-electron chi connectivity index (χ1n) is 8.20. The standard InChI is InChI=1S/C17H25N5O2/c1-17(2,3)15-5-12(20-24-15)8-22-9-13(14(10-22)16(18)23)11-6-19-21(4)7-11/h5-7,13-14H,8-10H2,1-4H3,(H2,18,23)/t13-,14+/m1/s1. The van der Waals surface area contributed by atoms with E-state index in [0.29, 0.717) is 13.1 Å². The van der Waals surface area contributed by atoms with Crippen molar-refractivity contribution in [1.82, 2.24) is 19.8 Å². The highest BCUT2D eigenvalue weighted by Crippen LogP contribution is 2.33. The molecule has 1 saturated heterocycles. The van der Waals surface area contributed by atoms with Gasteiger partial charge in [-0.25, -0.2) is 0 Å². The van der Waals surface area contributed by atoms with E-state index in [2.05, 4.69) is 35.9 Å². The van der Waals surface area contributed by atoms with Gasteiger partial charge in [-0.05, 0) is 5.56 Å². The van der Waals surface area contributed by atoms with Crippen LogP contribution in [-0.4, -0.2) is 38.8 Å². The van der Waals surface area contributed by atoms with Crippen molar-refractivity contribution < 1.29 is 9.32 Å². The number of aromatic nitrogens is 3. The molecule has 2 aromatic heterocycles. The van der Waals surface area contributed by atoms with E-state index in [4.69, 9.17) is 10.3 Å². The fourth-order valence-corrected chi connectivity index (χ4v) is 3.24. The summed E-state index contributed by atoms with van der Waals surface area (Å²) in [6, 6.07) is 2.00. The first kappa shape index (κ1) is 16.7. The lowest BCUT2D eigenvalue weighted by Crippen LogP contribution is -2.29. The van der Waals surface area contributed by atoms with Crippen molar-refractivity contribution in [1.29, 1.82) is 0 Å². The normalized spacial score (nSPS) is 22.2. The zero-order valence-electron chi connectivity index (χ0n) is 14.7. The van der Waals surface area contributed by atoms with Gasteiger partial charge in [-0.1, -0.05) is 25.9 Å². The minimum atomic E-state index is -0.262. The lowest BCUT2D eigenvalue weighted by molar-refractivity contribution is -0.121. The number of amides is 1.